The molecule has 0 saturated heterocycles. The summed E-state index contributed by atoms with van der Waals surface area (Å²) in [5.74, 6) is 0.888. The van der Waals surface area contributed by atoms with E-state index in [1.54, 1.807) is 7.11 Å². The molecule has 18 heavy (non-hydrogen) atoms. The van der Waals surface area contributed by atoms with Crippen molar-refractivity contribution in [2.24, 2.45) is 5.41 Å². The first-order chi connectivity index (χ1) is 8.42. The third-order valence-electron chi connectivity index (χ3n) is 4.11. The van der Waals surface area contributed by atoms with E-state index in [-0.39, 0.29) is 0 Å². The van der Waals surface area contributed by atoms with E-state index in [1.807, 2.05) is 12.1 Å². The van der Waals surface area contributed by atoms with Gasteiger partial charge >= 0.3 is 0 Å². The summed E-state index contributed by atoms with van der Waals surface area (Å²) in [6, 6.07) is 8.14. The van der Waals surface area contributed by atoms with Gasteiger partial charge in [-0.1, -0.05) is 26.0 Å². The van der Waals surface area contributed by atoms with Gasteiger partial charge in [0.2, 0.25) is 0 Å². The molecule has 1 N–H and O–H groups in total. The molecule has 2 heteroatoms. The quantitative estimate of drug-likeness (QED) is 0.882. The SMILES string of the molecule is COc1ccc(CCC2(O)CCC(C)(C)C2)cc1. The van der Waals surface area contributed by atoms with Crippen LogP contribution >= 0.6 is 0 Å². The molecular formula is C16H24O2. The lowest BCUT2D eigenvalue weighted by atomic mass is 9.87. The highest BCUT2D eigenvalue weighted by Crippen LogP contribution is 2.45. The summed E-state index contributed by atoms with van der Waals surface area (Å²) in [6.07, 6.45) is 4.80. The number of hydrogen-bond donors (Lipinski definition) is 1. The molecule has 100 valence electrons. The fraction of sp³-hybridized carbons (Fsp3) is 0.625. The highest BCUT2D eigenvalue weighted by Gasteiger charge is 2.41. The summed E-state index contributed by atoms with van der Waals surface area (Å²) in [5, 5.41) is 10.6. The highest BCUT2D eigenvalue weighted by molar-refractivity contribution is 5.27. The average Bonchev–Trinajstić information content (AvgIpc) is 2.62. The van der Waals surface area contributed by atoms with Gasteiger partial charge in [0, 0.05) is 0 Å². The number of aryl methyl sites for hydroxylation is 1. The van der Waals surface area contributed by atoms with Gasteiger partial charge in [-0.15, -0.1) is 0 Å². The first-order valence-electron chi connectivity index (χ1n) is 6.78. The molecule has 1 aliphatic carbocycles. The Labute approximate surface area is 110 Å². The molecule has 1 fully saturated rings. The minimum atomic E-state index is -0.455. The molecule has 1 unspecified atom stereocenters. The van der Waals surface area contributed by atoms with Crippen molar-refractivity contribution in [1.82, 2.24) is 0 Å². The van der Waals surface area contributed by atoms with Gasteiger partial charge in [-0.25, -0.2) is 0 Å². The zero-order chi connectivity index (χ0) is 13.2. The van der Waals surface area contributed by atoms with Crippen LogP contribution in [0.15, 0.2) is 24.3 Å². The van der Waals surface area contributed by atoms with Crippen LogP contribution in [0.5, 0.6) is 5.75 Å². The molecular weight excluding hydrogens is 224 g/mol. The summed E-state index contributed by atoms with van der Waals surface area (Å²) in [7, 11) is 1.68. The second kappa shape index (κ2) is 4.93. The van der Waals surface area contributed by atoms with Crippen molar-refractivity contribution in [3.05, 3.63) is 29.8 Å². The summed E-state index contributed by atoms with van der Waals surface area (Å²) in [5.41, 5.74) is 1.12. The Morgan fingerprint density at radius 2 is 1.83 bits per heavy atom. The molecule has 1 aromatic rings. The van der Waals surface area contributed by atoms with E-state index >= 15 is 0 Å². The van der Waals surface area contributed by atoms with E-state index in [9.17, 15) is 5.11 Å². The van der Waals surface area contributed by atoms with E-state index < -0.39 is 5.60 Å². The predicted molar refractivity (Wildman–Crippen MR) is 73.9 cm³/mol. The molecule has 0 heterocycles. The second-order valence-electron chi connectivity index (χ2n) is 6.41. The molecule has 2 nitrogen and oxygen atoms in total. The Kier molecular flexibility index (Phi) is 3.67. The third kappa shape index (κ3) is 3.26. The van der Waals surface area contributed by atoms with Gasteiger partial charge in [0.15, 0.2) is 0 Å². The smallest absolute Gasteiger partial charge is 0.118 e. The van der Waals surface area contributed by atoms with Crippen LogP contribution in [-0.4, -0.2) is 17.8 Å². The van der Waals surface area contributed by atoms with Crippen LogP contribution in [0.2, 0.25) is 0 Å². The summed E-state index contributed by atoms with van der Waals surface area (Å²) in [4.78, 5) is 0. The highest BCUT2D eigenvalue weighted by atomic mass is 16.5. The number of aliphatic hydroxyl groups is 1. The molecule has 1 aromatic carbocycles. The zero-order valence-corrected chi connectivity index (χ0v) is 11.7. The van der Waals surface area contributed by atoms with Crippen LogP contribution < -0.4 is 4.74 Å². The van der Waals surface area contributed by atoms with Crippen LogP contribution in [0.1, 0.15) is 45.1 Å². The molecule has 1 atom stereocenters. The molecule has 1 aliphatic rings. The van der Waals surface area contributed by atoms with Crippen LogP contribution in [-0.2, 0) is 6.42 Å². The van der Waals surface area contributed by atoms with Gasteiger partial charge in [0.25, 0.3) is 0 Å². The first-order valence-corrected chi connectivity index (χ1v) is 6.78. The Morgan fingerprint density at radius 1 is 1.17 bits per heavy atom. The minimum Gasteiger partial charge on any atom is -0.497 e. The van der Waals surface area contributed by atoms with Crippen molar-refractivity contribution < 1.29 is 9.84 Å². The van der Waals surface area contributed by atoms with Crippen LogP contribution in [0.4, 0.5) is 0 Å². The molecule has 0 radical (unpaired) electrons. The summed E-state index contributed by atoms with van der Waals surface area (Å²) in [6.45, 7) is 4.50. The number of benzene rings is 1. The van der Waals surface area contributed by atoms with Crippen molar-refractivity contribution in [3.63, 3.8) is 0 Å². The number of hydrogen-bond acceptors (Lipinski definition) is 2. The summed E-state index contributed by atoms with van der Waals surface area (Å²) >= 11 is 0. The molecule has 0 aromatic heterocycles. The monoisotopic (exact) mass is 248 g/mol. The number of rotatable bonds is 4. The predicted octanol–water partition coefficient (Wildman–Crippen LogP) is 3.57. The Balaban J connectivity index is 1.91. The standard InChI is InChI=1S/C16H24O2/c1-15(2)10-11-16(17,12-15)9-8-13-4-6-14(18-3)7-5-13/h4-7,17H,8-12H2,1-3H3. The molecule has 2 rings (SSSR count). The van der Waals surface area contributed by atoms with Crippen molar-refractivity contribution in [2.45, 2.75) is 51.6 Å². The first kappa shape index (κ1) is 13.4. The topological polar surface area (TPSA) is 29.5 Å². The minimum absolute atomic E-state index is 0.300. The lowest BCUT2D eigenvalue weighted by molar-refractivity contribution is 0.0292. The van der Waals surface area contributed by atoms with Crippen LogP contribution in [0.3, 0.4) is 0 Å². The van der Waals surface area contributed by atoms with Crippen LogP contribution in [0, 0.1) is 5.41 Å². The van der Waals surface area contributed by atoms with Crippen molar-refractivity contribution >= 4 is 0 Å². The van der Waals surface area contributed by atoms with Gasteiger partial charge in [0.1, 0.15) is 5.75 Å². The fourth-order valence-corrected chi connectivity index (χ4v) is 3.02. The number of methoxy groups -OCH3 is 1. The van der Waals surface area contributed by atoms with Gasteiger partial charge in [-0.3, -0.25) is 0 Å². The molecule has 0 bridgehead atoms. The van der Waals surface area contributed by atoms with Crippen LogP contribution in [0.25, 0.3) is 0 Å². The van der Waals surface area contributed by atoms with E-state index in [0.29, 0.717) is 5.41 Å². The third-order valence-corrected chi connectivity index (χ3v) is 4.11. The maximum absolute atomic E-state index is 10.6. The lowest BCUT2D eigenvalue weighted by Gasteiger charge is -2.25. The van der Waals surface area contributed by atoms with E-state index in [0.717, 1.165) is 37.9 Å². The van der Waals surface area contributed by atoms with E-state index in [2.05, 4.69) is 26.0 Å². The number of ether oxygens (including phenoxy) is 1. The van der Waals surface area contributed by atoms with Crippen molar-refractivity contribution in [3.8, 4) is 5.75 Å². The maximum Gasteiger partial charge on any atom is 0.118 e. The molecule has 0 spiro atoms. The Hall–Kier alpha value is -1.02. The average molecular weight is 248 g/mol. The van der Waals surface area contributed by atoms with Gasteiger partial charge in [-0.2, -0.15) is 0 Å². The van der Waals surface area contributed by atoms with Gasteiger partial charge in [0.05, 0.1) is 12.7 Å². The maximum atomic E-state index is 10.6. The van der Waals surface area contributed by atoms with Crippen molar-refractivity contribution in [1.29, 1.82) is 0 Å². The van der Waals surface area contributed by atoms with E-state index in [1.165, 1.54) is 5.56 Å². The molecule has 0 amide bonds. The van der Waals surface area contributed by atoms with Gasteiger partial charge in [-0.05, 0) is 55.2 Å². The fourth-order valence-electron chi connectivity index (χ4n) is 3.02. The summed E-state index contributed by atoms with van der Waals surface area (Å²) < 4.78 is 5.14. The molecule has 0 aliphatic heterocycles. The molecule has 1 saturated carbocycles. The Morgan fingerprint density at radius 3 is 2.33 bits per heavy atom. The largest absolute Gasteiger partial charge is 0.497 e. The van der Waals surface area contributed by atoms with E-state index in [4.69, 9.17) is 4.74 Å². The zero-order valence-electron chi connectivity index (χ0n) is 11.7. The lowest BCUT2D eigenvalue weighted by Crippen LogP contribution is -2.26. The Bertz CT molecular complexity index is 394. The van der Waals surface area contributed by atoms with Crippen molar-refractivity contribution in [2.75, 3.05) is 7.11 Å². The normalized spacial score (nSPS) is 26.2. The second-order valence-corrected chi connectivity index (χ2v) is 6.41. The van der Waals surface area contributed by atoms with Gasteiger partial charge < -0.3 is 9.84 Å².